The third-order valence-electron chi connectivity index (χ3n) is 3.93. The highest BCUT2D eigenvalue weighted by Crippen LogP contribution is 2.25. The van der Waals surface area contributed by atoms with Crippen molar-refractivity contribution in [3.8, 4) is 0 Å². The molecule has 2 heteroatoms. The Balaban J connectivity index is 2.27. The fourth-order valence-electron chi connectivity index (χ4n) is 2.80. The molecule has 1 unspecified atom stereocenters. The normalized spacial score (nSPS) is 12.4. The van der Waals surface area contributed by atoms with Crippen LogP contribution in [0.5, 0.6) is 0 Å². The maximum absolute atomic E-state index is 14.3. The number of rotatable bonds is 6. The Kier molecular flexibility index (Phi) is 5.51. The standard InChI is InChI=1S/C19H24FN/c1-4-21-13-17(16-8-6-5-7-9-16)12-18-15(3)10-14(2)11-19(18)20/h5-11,17,21H,4,12-13H2,1-3H3. The Morgan fingerprint density at radius 3 is 2.43 bits per heavy atom. The molecule has 2 aromatic rings. The summed E-state index contributed by atoms with van der Waals surface area (Å²) in [5.41, 5.74) is 4.13. The monoisotopic (exact) mass is 285 g/mol. The van der Waals surface area contributed by atoms with Crippen molar-refractivity contribution in [2.24, 2.45) is 0 Å². The van der Waals surface area contributed by atoms with E-state index in [2.05, 4.69) is 30.4 Å². The summed E-state index contributed by atoms with van der Waals surface area (Å²) in [5.74, 6) is 0.215. The van der Waals surface area contributed by atoms with Gasteiger partial charge in [0.2, 0.25) is 0 Å². The van der Waals surface area contributed by atoms with Crippen LogP contribution < -0.4 is 5.32 Å². The minimum atomic E-state index is -0.0788. The first-order chi connectivity index (χ1) is 10.1. The highest BCUT2D eigenvalue weighted by molar-refractivity contribution is 5.34. The molecule has 0 radical (unpaired) electrons. The largest absolute Gasteiger partial charge is 0.316 e. The van der Waals surface area contributed by atoms with E-state index in [-0.39, 0.29) is 5.82 Å². The van der Waals surface area contributed by atoms with Gasteiger partial charge in [-0.2, -0.15) is 0 Å². The first-order valence-electron chi connectivity index (χ1n) is 7.63. The van der Waals surface area contributed by atoms with Crippen LogP contribution in [0, 0.1) is 19.7 Å². The molecule has 0 aliphatic carbocycles. The molecule has 0 aliphatic heterocycles. The van der Waals surface area contributed by atoms with Gasteiger partial charge in [0, 0.05) is 12.5 Å². The molecule has 1 atom stereocenters. The van der Waals surface area contributed by atoms with Crippen LogP contribution in [0.15, 0.2) is 42.5 Å². The van der Waals surface area contributed by atoms with Crippen molar-refractivity contribution in [2.75, 3.05) is 13.1 Å². The molecule has 1 nitrogen and oxygen atoms in total. The summed E-state index contributed by atoms with van der Waals surface area (Å²) in [5, 5.41) is 3.39. The van der Waals surface area contributed by atoms with E-state index in [1.165, 1.54) is 5.56 Å². The number of benzene rings is 2. The molecule has 2 rings (SSSR count). The average molecular weight is 285 g/mol. The Hall–Kier alpha value is -1.67. The maximum atomic E-state index is 14.3. The predicted molar refractivity (Wildman–Crippen MR) is 87.3 cm³/mol. The molecular formula is C19H24FN. The van der Waals surface area contributed by atoms with Gasteiger partial charge in [-0.15, -0.1) is 0 Å². The van der Waals surface area contributed by atoms with Gasteiger partial charge in [0.25, 0.3) is 0 Å². The second kappa shape index (κ2) is 7.37. The van der Waals surface area contributed by atoms with Crippen LogP contribution >= 0.6 is 0 Å². The van der Waals surface area contributed by atoms with Crippen molar-refractivity contribution < 1.29 is 4.39 Å². The van der Waals surface area contributed by atoms with Gasteiger partial charge < -0.3 is 5.32 Å². The van der Waals surface area contributed by atoms with Gasteiger partial charge in [-0.25, -0.2) is 4.39 Å². The molecule has 21 heavy (non-hydrogen) atoms. The maximum Gasteiger partial charge on any atom is 0.126 e. The number of nitrogens with one attached hydrogen (secondary N) is 1. The van der Waals surface area contributed by atoms with Gasteiger partial charge >= 0.3 is 0 Å². The van der Waals surface area contributed by atoms with E-state index >= 15 is 0 Å². The van der Waals surface area contributed by atoms with Crippen molar-refractivity contribution in [2.45, 2.75) is 33.1 Å². The minimum absolute atomic E-state index is 0.0788. The van der Waals surface area contributed by atoms with Crippen LogP contribution in [0.1, 0.15) is 35.1 Å². The van der Waals surface area contributed by atoms with Gasteiger partial charge in [0.15, 0.2) is 0 Å². The molecule has 2 aromatic carbocycles. The zero-order valence-electron chi connectivity index (χ0n) is 13.1. The Labute approximate surface area is 127 Å². The fraction of sp³-hybridized carbons (Fsp3) is 0.368. The van der Waals surface area contributed by atoms with Crippen LogP contribution in [0.4, 0.5) is 4.39 Å². The Morgan fingerprint density at radius 2 is 1.81 bits per heavy atom. The Bertz CT molecular complexity index is 554. The van der Waals surface area contributed by atoms with Crippen molar-refractivity contribution in [1.29, 1.82) is 0 Å². The fourth-order valence-corrected chi connectivity index (χ4v) is 2.80. The minimum Gasteiger partial charge on any atom is -0.316 e. The second-order valence-electron chi connectivity index (χ2n) is 5.66. The van der Waals surface area contributed by atoms with E-state index in [1.807, 2.05) is 32.0 Å². The number of halogens is 1. The molecule has 0 saturated heterocycles. The van der Waals surface area contributed by atoms with E-state index in [0.29, 0.717) is 5.92 Å². The number of hydrogen-bond acceptors (Lipinski definition) is 1. The lowest BCUT2D eigenvalue weighted by molar-refractivity contribution is 0.559. The molecule has 0 bridgehead atoms. The lowest BCUT2D eigenvalue weighted by Crippen LogP contribution is -2.23. The van der Waals surface area contributed by atoms with Gasteiger partial charge in [-0.1, -0.05) is 43.3 Å². The summed E-state index contributed by atoms with van der Waals surface area (Å²) in [6.45, 7) is 7.83. The molecule has 112 valence electrons. The zero-order chi connectivity index (χ0) is 15.2. The predicted octanol–water partition coefficient (Wildman–Crippen LogP) is 4.38. The molecule has 1 N–H and O–H groups in total. The van der Waals surface area contributed by atoms with E-state index in [4.69, 9.17) is 0 Å². The van der Waals surface area contributed by atoms with Crippen molar-refractivity contribution in [3.63, 3.8) is 0 Å². The third kappa shape index (κ3) is 4.15. The van der Waals surface area contributed by atoms with E-state index < -0.39 is 0 Å². The highest BCUT2D eigenvalue weighted by Gasteiger charge is 2.16. The van der Waals surface area contributed by atoms with E-state index in [0.717, 1.165) is 36.2 Å². The van der Waals surface area contributed by atoms with Gasteiger partial charge in [0.1, 0.15) is 5.82 Å². The van der Waals surface area contributed by atoms with Crippen LogP contribution in [0.2, 0.25) is 0 Å². The zero-order valence-corrected chi connectivity index (χ0v) is 13.1. The molecule has 0 saturated carbocycles. The van der Waals surface area contributed by atoms with Crippen LogP contribution in [0.25, 0.3) is 0 Å². The quantitative estimate of drug-likeness (QED) is 0.830. The second-order valence-corrected chi connectivity index (χ2v) is 5.66. The molecule has 0 spiro atoms. The van der Waals surface area contributed by atoms with Gasteiger partial charge in [-0.05, 0) is 55.1 Å². The topological polar surface area (TPSA) is 12.0 Å². The molecule has 0 aliphatic rings. The number of likely N-dealkylation sites (N-methyl/N-ethyl adjacent to an activating group) is 1. The lowest BCUT2D eigenvalue weighted by Gasteiger charge is -2.20. The van der Waals surface area contributed by atoms with Crippen molar-refractivity contribution in [3.05, 3.63) is 70.5 Å². The summed E-state index contributed by atoms with van der Waals surface area (Å²) >= 11 is 0. The molecular weight excluding hydrogens is 261 g/mol. The van der Waals surface area contributed by atoms with Crippen LogP contribution in [-0.2, 0) is 6.42 Å². The molecule has 0 fully saturated rings. The highest BCUT2D eigenvalue weighted by atomic mass is 19.1. The third-order valence-corrected chi connectivity index (χ3v) is 3.93. The van der Waals surface area contributed by atoms with E-state index in [1.54, 1.807) is 6.07 Å². The molecule has 0 amide bonds. The summed E-state index contributed by atoms with van der Waals surface area (Å²) in [6.07, 6.45) is 0.731. The van der Waals surface area contributed by atoms with Gasteiger partial charge in [0.05, 0.1) is 0 Å². The number of aryl methyl sites for hydroxylation is 2. The lowest BCUT2D eigenvalue weighted by atomic mass is 9.89. The summed E-state index contributed by atoms with van der Waals surface area (Å²) in [7, 11) is 0. The van der Waals surface area contributed by atoms with Crippen LogP contribution in [0.3, 0.4) is 0 Å². The first-order valence-corrected chi connectivity index (χ1v) is 7.63. The van der Waals surface area contributed by atoms with Crippen LogP contribution in [-0.4, -0.2) is 13.1 Å². The van der Waals surface area contributed by atoms with Gasteiger partial charge in [-0.3, -0.25) is 0 Å². The first kappa shape index (κ1) is 15.7. The van der Waals surface area contributed by atoms with Crippen molar-refractivity contribution in [1.82, 2.24) is 5.32 Å². The smallest absolute Gasteiger partial charge is 0.126 e. The summed E-state index contributed by atoms with van der Waals surface area (Å²) in [6, 6.07) is 14.1. The summed E-state index contributed by atoms with van der Waals surface area (Å²) < 4.78 is 14.3. The van der Waals surface area contributed by atoms with E-state index in [9.17, 15) is 4.39 Å². The molecule has 0 heterocycles. The number of hydrogen-bond donors (Lipinski definition) is 1. The van der Waals surface area contributed by atoms with Crippen molar-refractivity contribution >= 4 is 0 Å². The summed E-state index contributed by atoms with van der Waals surface area (Å²) in [4.78, 5) is 0. The SMILES string of the molecule is CCNCC(Cc1c(C)cc(C)cc1F)c1ccccc1. The average Bonchev–Trinajstić information content (AvgIpc) is 2.46. The molecule has 0 aromatic heterocycles. The Morgan fingerprint density at radius 1 is 1.10 bits per heavy atom.